The van der Waals surface area contributed by atoms with E-state index in [-0.39, 0.29) is 30.8 Å². The van der Waals surface area contributed by atoms with Crippen LogP contribution >= 0.6 is 0 Å². The standard InChI is InChI=1S/C21H18N4O5/c22-9-10-24-17(23-16-8-4-3-7-15(16)21(24)29)12-30-18(26)11-25-19(27)13-5-1-2-6-14(13)20(25)28/h1-4,7-8,13-14H,5-6,10-12H2/t13-,14-/m1/s1. The van der Waals surface area contributed by atoms with Crippen LogP contribution in [0.25, 0.3) is 10.9 Å². The van der Waals surface area contributed by atoms with Crippen LogP contribution in [0.15, 0.2) is 41.2 Å². The zero-order chi connectivity index (χ0) is 21.3. The van der Waals surface area contributed by atoms with Gasteiger partial charge in [0, 0.05) is 0 Å². The second kappa shape index (κ2) is 7.91. The Morgan fingerprint density at radius 1 is 1.13 bits per heavy atom. The van der Waals surface area contributed by atoms with Gasteiger partial charge in [0.1, 0.15) is 19.7 Å². The van der Waals surface area contributed by atoms with Crippen molar-refractivity contribution in [1.82, 2.24) is 14.5 Å². The molecule has 1 fully saturated rings. The van der Waals surface area contributed by atoms with E-state index in [1.807, 2.05) is 18.2 Å². The number of hydrogen-bond acceptors (Lipinski definition) is 7. The SMILES string of the molecule is N#CCn1c(COC(=O)CN2C(=O)[C@@H]3CC=CC[C@H]3C2=O)nc2ccccc2c1=O. The number of allylic oxidation sites excluding steroid dienone is 2. The van der Waals surface area contributed by atoms with E-state index in [0.29, 0.717) is 23.7 Å². The van der Waals surface area contributed by atoms with E-state index in [1.165, 1.54) is 0 Å². The van der Waals surface area contributed by atoms with Crippen molar-refractivity contribution < 1.29 is 19.1 Å². The molecular weight excluding hydrogens is 388 g/mol. The van der Waals surface area contributed by atoms with Crippen molar-refractivity contribution >= 4 is 28.7 Å². The summed E-state index contributed by atoms with van der Waals surface area (Å²) in [5, 5.41) is 9.39. The number of amides is 2. The van der Waals surface area contributed by atoms with E-state index >= 15 is 0 Å². The third-order valence-electron chi connectivity index (χ3n) is 5.42. The first-order valence-corrected chi connectivity index (χ1v) is 9.52. The van der Waals surface area contributed by atoms with E-state index in [4.69, 9.17) is 10.00 Å². The van der Waals surface area contributed by atoms with Gasteiger partial charge < -0.3 is 4.74 Å². The molecule has 1 saturated heterocycles. The highest BCUT2D eigenvalue weighted by atomic mass is 16.5. The lowest BCUT2D eigenvalue weighted by molar-refractivity contribution is -0.154. The van der Waals surface area contributed by atoms with E-state index < -0.39 is 29.9 Å². The van der Waals surface area contributed by atoms with Crippen LogP contribution in [0.3, 0.4) is 0 Å². The van der Waals surface area contributed by atoms with Crippen molar-refractivity contribution in [3.63, 3.8) is 0 Å². The maximum absolute atomic E-state index is 12.6. The summed E-state index contributed by atoms with van der Waals surface area (Å²) in [6.07, 6.45) is 4.71. The quantitative estimate of drug-likeness (QED) is 0.411. The summed E-state index contributed by atoms with van der Waals surface area (Å²) in [4.78, 5) is 55.1. The average Bonchev–Trinajstić information content (AvgIpc) is 3.00. The monoisotopic (exact) mass is 406 g/mol. The molecule has 152 valence electrons. The van der Waals surface area contributed by atoms with Gasteiger partial charge in [0.15, 0.2) is 5.82 Å². The summed E-state index contributed by atoms with van der Waals surface area (Å²) in [6.45, 7) is -1.09. The molecule has 2 amide bonds. The zero-order valence-corrected chi connectivity index (χ0v) is 16.0. The first-order valence-electron chi connectivity index (χ1n) is 9.52. The Balaban J connectivity index is 1.49. The minimum atomic E-state index is -0.783. The van der Waals surface area contributed by atoms with Gasteiger partial charge >= 0.3 is 5.97 Å². The Hall–Kier alpha value is -3.80. The van der Waals surface area contributed by atoms with Crippen LogP contribution in [-0.4, -0.2) is 38.8 Å². The van der Waals surface area contributed by atoms with Crippen molar-refractivity contribution in [2.24, 2.45) is 11.8 Å². The third-order valence-corrected chi connectivity index (χ3v) is 5.42. The fraction of sp³-hybridized carbons (Fsp3) is 0.333. The lowest BCUT2D eigenvalue weighted by atomic mass is 9.85. The molecule has 30 heavy (non-hydrogen) atoms. The Labute approximate surface area is 171 Å². The fourth-order valence-corrected chi connectivity index (χ4v) is 3.90. The fourth-order valence-electron chi connectivity index (χ4n) is 3.90. The van der Waals surface area contributed by atoms with Crippen molar-refractivity contribution in [3.8, 4) is 6.07 Å². The highest BCUT2D eigenvalue weighted by Gasteiger charge is 2.47. The van der Waals surface area contributed by atoms with Crippen LogP contribution in [0.2, 0.25) is 0 Å². The Kier molecular flexibility index (Phi) is 5.14. The van der Waals surface area contributed by atoms with Crippen LogP contribution < -0.4 is 5.56 Å². The molecule has 2 aromatic rings. The predicted molar refractivity (Wildman–Crippen MR) is 103 cm³/mol. The Morgan fingerprint density at radius 3 is 2.47 bits per heavy atom. The molecule has 0 saturated carbocycles. The average molecular weight is 406 g/mol. The van der Waals surface area contributed by atoms with Gasteiger partial charge in [0.25, 0.3) is 5.56 Å². The second-order valence-electron chi connectivity index (χ2n) is 7.17. The molecule has 2 heterocycles. The molecule has 0 spiro atoms. The number of fused-ring (bicyclic) bond motifs is 2. The molecule has 1 aromatic carbocycles. The number of carbonyl (C=O) groups is 3. The minimum absolute atomic E-state index is 0.116. The van der Waals surface area contributed by atoms with Gasteiger partial charge in [-0.15, -0.1) is 0 Å². The number of ether oxygens (including phenoxy) is 1. The van der Waals surface area contributed by atoms with Gasteiger partial charge in [-0.05, 0) is 25.0 Å². The number of likely N-dealkylation sites (tertiary alicyclic amines) is 1. The molecule has 0 N–H and O–H groups in total. The molecule has 1 aliphatic heterocycles. The van der Waals surface area contributed by atoms with Crippen molar-refractivity contribution in [1.29, 1.82) is 5.26 Å². The van der Waals surface area contributed by atoms with Gasteiger partial charge in [0.05, 0.1) is 28.8 Å². The highest BCUT2D eigenvalue weighted by molar-refractivity contribution is 6.07. The number of esters is 1. The smallest absolute Gasteiger partial charge is 0.326 e. The first kappa shape index (κ1) is 19.5. The number of rotatable bonds is 5. The van der Waals surface area contributed by atoms with Gasteiger partial charge in [-0.2, -0.15) is 5.26 Å². The molecule has 0 bridgehead atoms. The molecular formula is C21H18N4O5. The molecule has 2 atom stereocenters. The van der Waals surface area contributed by atoms with Crippen LogP contribution in [-0.2, 0) is 32.3 Å². The molecule has 9 heteroatoms. The molecule has 2 aliphatic rings. The maximum atomic E-state index is 12.6. The van der Waals surface area contributed by atoms with Gasteiger partial charge in [-0.3, -0.25) is 28.6 Å². The lowest BCUT2D eigenvalue weighted by Gasteiger charge is -2.15. The lowest BCUT2D eigenvalue weighted by Crippen LogP contribution is -2.37. The number of imide groups is 1. The normalized spacial score (nSPS) is 20.3. The highest BCUT2D eigenvalue weighted by Crippen LogP contribution is 2.34. The molecule has 0 unspecified atom stereocenters. The summed E-state index contributed by atoms with van der Waals surface area (Å²) in [7, 11) is 0. The Morgan fingerprint density at radius 2 is 1.80 bits per heavy atom. The second-order valence-corrected chi connectivity index (χ2v) is 7.17. The predicted octanol–water partition coefficient (Wildman–Crippen LogP) is 0.914. The molecule has 1 aliphatic carbocycles. The topological polar surface area (TPSA) is 122 Å². The first-order chi connectivity index (χ1) is 14.5. The number of nitriles is 1. The number of aromatic nitrogens is 2. The third kappa shape index (κ3) is 3.37. The summed E-state index contributed by atoms with van der Waals surface area (Å²) in [5.74, 6) is -2.23. The van der Waals surface area contributed by atoms with E-state index in [0.717, 1.165) is 9.47 Å². The van der Waals surface area contributed by atoms with E-state index in [1.54, 1.807) is 24.3 Å². The molecule has 0 radical (unpaired) electrons. The van der Waals surface area contributed by atoms with Crippen LogP contribution in [0, 0.1) is 23.2 Å². The Bertz CT molecular complexity index is 1150. The summed E-state index contributed by atoms with van der Waals surface area (Å²) >= 11 is 0. The molecule has 9 nitrogen and oxygen atoms in total. The number of benzene rings is 1. The van der Waals surface area contributed by atoms with E-state index in [9.17, 15) is 19.2 Å². The summed E-state index contributed by atoms with van der Waals surface area (Å²) < 4.78 is 6.34. The van der Waals surface area contributed by atoms with Crippen molar-refractivity contribution in [2.45, 2.75) is 26.0 Å². The summed E-state index contributed by atoms with van der Waals surface area (Å²) in [5.41, 5.74) is 0.0129. The molecule has 1 aromatic heterocycles. The van der Waals surface area contributed by atoms with Crippen molar-refractivity contribution in [2.75, 3.05) is 6.54 Å². The number of nitrogens with zero attached hydrogens (tertiary/aromatic N) is 4. The number of carbonyl (C=O) groups excluding carboxylic acids is 3. The van der Waals surface area contributed by atoms with Gasteiger partial charge in [-0.1, -0.05) is 24.3 Å². The van der Waals surface area contributed by atoms with Crippen molar-refractivity contribution in [3.05, 3.63) is 52.6 Å². The zero-order valence-electron chi connectivity index (χ0n) is 16.0. The van der Waals surface area contributed by atoms with Crippen LogP contribution in [0.1, 0.15) is 18.7 Å². The minimum Gasteiger partial charge on any atom is -0.456 e. The largest absolute Gasteiger partial charge is 0.456 e. The number of hydrogen-bond donors (Lipinski definition) is 0. The van der Waals surface area contributed by atoms with Gasteiger partial charge in [-0.25, -0.2) is 4.98 Å². The molecule has 4 rings (SSSR count). The van der Waals surface area contributed by atoms with E-state index in [2.05, 4.69) is 4.98 Å². The van der Waals surface area contributed by atoms with Gasteiger partial charge in [0.2, 0.25) is 11.8 Å². The van der Waals surface area contributed by atoms with Crippen LogP contribution in [0.4, 0.5) is 0 Å². The number of para-hydroxylation sites is 1. The van der Waals surface area contributed by atoms with Crippen LogP contribution in [0.5, 0.6) is 0 Å². The maximum Gasteiger partial charge on any atom is 0.326 e. The summed E-state index contributed by atoms with van der Waals surface area (Å²) in [6, 6.07) is 8.56.